The minimum absolute atomic E-state index is 0.0986. The van der Waals surface area contributed by atoms with Crippen LogP contribution in [-0.2, 0) is 0 Å². The first-order chi connectivity index (χ1) is 6.57. The van der Waals surface area contributed by atoms with Gasteiger partial charge in [0.05, 0.1) is 0 Å². The first-order valence-corrected chi connectivity index (χ1v) is 5.13. The van der Waals surface area contributed by atoms with Crippen molar-refractivity contribution in [2.24, 2.45) is 0 Å². The van der Waals surface area contributed by atoms with Gasteiger partial charge in [0, 0.05) is 4.47 Å². The van der Waals surface area contributed by atoms with Crippen LogP contribution in [-0.4, -0.2) is 6.61 Å². The molecule has 0 atom stereocenters. The molecule has 0 aliphatic carbocycles. The van der Waals surface area contributed by atoms with Gasteiger partial charge in [-0.1, -0.05) is 15.9 Å². The fourth-order valence-electron chi connectivity index (χ4n) is 1.27. The third-order valence-corrected chi connectivity index (χ3v) is 3.47. The van der Waals surface area contributed by atoms with Crippen LogP contribution in [0.15, 0.2) is 10.5 Å². The maximum absolute atomic E-state index is 8.43. The van der Waals surface area contributed by atoms with Crippen molar-refractivity contribution < 1.29 is 4.74 Å². The first-order valence-electron chi connectivity index (χ1n) is 4.34. The maximum atomic E-state index is 8.43. The van der Waals surface area contributed by atoms with Gasteiger partial charge in [-0.2, -0.15) is 5.26 Å². The molecule has 14 heavy (non-hydrogen) atoms. The van der Waals surface area contributed by atoms with Gasteiger partial charge >= 0.3 is 0 Å². The summed E-state index contributed by atoms with van der Waals surface area (Å²) >= 11 is 3.51. The van der Waals surface area contributed by atoms with E-state index in [9.17, 15) is 0 Å². The average Bonchev–Trinajstić information content (AvgIpc) is 2.18. The molecule has 0 radical (unpaired) electrons. The second-order valence-corrected chi connectivity index (χ2v) is 4.00. The van der Waals surface area contributed by atoms with Crippen molar-refractivity contribution >= 4 is 15.9 Å². The number of benzene rings is 1. The Morgan fingerprint density at radius 3 is 2.57 bits per heavy atom. The highest BCUT2D eigenvalue weighted by atomic mass is 79.9. The molecule has 1 aromatic carbocycles. The van der Waals surface area contributed by atoms with Crippen LogP contribution in [0.5, 0.6) is 5.75 Å². The van der Waals surface area contributed by atoms with E-state index >= 15 is 0 Å². The Bertz CT molecular complexity index is 393. The number of halogens is 1. The molecule has 0 aliphatic heterocycles. The van der Waals surface area contributed by atoms with Gasteiger partial charge in [-0.05, 0) is 43.5 Å². The molecule has 0 saturated carbocycles. The molecule has 0 N–H and O–H groups in total. The number of nitrogens with zero attached hydrogens (tertiary/aromatic N) is 1. The molecule has 0 spiro atoms. The van der Waals surface area contributed by atoms with Crippen LogP contribution in [0.2, 0.25) is 0 Å². The highest BCUT2D eigenvalue weighted by Crippen LogP contribution is 2.30. The van der Waals surface area contributed by atoms with Gasteiger partial charge in [0.25, 0.3) is 0 Å². The zero-order chi connectivity index (χ0) is 10.7. The van der Waals surface area contributed by atoms with Crippen LogP contribution in [0.4, 0.5) is 0 Å². The molecule has 0 bridgehead atoms. The fraction of sp³-hybridized carbons (Fsp3) is 0.364. The number of nitriles is 1. The molecular weight excluding hydrogens is 242 g/mol. The quantitative estimate of drug-likeness (QED) is 0.811. The van der Waals surface area contributed by atoms with E-state index in [0.29, 0.717) is 0 Å². The second-order valence-electron chi connectivity index (χ2n) is 3.20. The summed E-state index contributed by atoms with van der Waals surface area (Å²) in [6.45, 7) is 6.13. The van der Waals surface area contributed by atoms with E-state index in [2.05, 4.69) is 15.9 Å². The minimum atomic E-state index is 0.0986. The van der Waals surface area contributed by atoms with Crippen molar-refractivity contribution in [2.45, 2.75) is 20.8 Å². The summed E-state index contributed by atoms with van der Waals surface area (Å²) in [4.78, 5) is 0. The van der Waals surface area contributed by atoms with Crippen molar-refractivity contribution in [2.75, 3.05) is 6.61 Å². The number of ether oxygens (including phenoxy) is 1. The van der Waals surface area contributed by atoms with Crippen molar-refractivity contribution in [1.29, 1.82) is 5.26 Å². The summed E-state index contributed by atoms with van der Waals surface area (Å²) in [5.74, 6) is 0.796. The van der Waals surface area contributed by atoms with E-state index in [0.717, 1.165) is 26.9 Å². The van der Waals surface area contributed by atoms with Crippen molar-refractivity contribution in [3.8, 4) is 11.8 Å². The average molecular weight is 254 g/mol. The van der Waals surface area contributed by atoms with Gasteiger partial charge in [-0.25, -0.2) is 0 Å². The predicted octanol–water partition coefficient (Wildman–Crippen LogP) is 3.28. The van der Waals surface area contributed by atoms with Crippen LogP contribution in [0, 0.1) is 32.1 Å². The smallest absolute Gasteiger partial charge is 0.174 e. The van der Waals surface area contributed by atoms with Crippen LogP contribution in [0.25, 0.3) is 0 Å². The highest BCUT2D eigenvalue weighted by molar-refractivity contribution is 9.10. The number of hydrogen-bond acceptors (Lipinski definition) is 2. The Kier molecular flexibility index (Phi) is 3.54. The van der Waals surface area contributed by atoms with Gasteiger partial charge in [0.15, 0.2) is 6.61 Å². The lowest BCUT2D eigenvalue weighted by Gasteiger charge is -2.12. The van der Waals surface area contributed by atoms with Crippen LogP contribution in [0.1, 0.15) is 16.7 Å². The lowest BCUT2D eigenvalue weighted by atomic mass is 10.1. The maximum Gasteiger partial charge on any atom is 0.174 e. The topological polar surface area (TPSA) is 33.0 Å². The lowest BCUT2D eigenvalue weighted by molar-refractivity contribution is 0.365. The summed E-state index contributed by atoms with van der Waals surface area (Å²) in [6.07, 6.45) is 0. The van der Waals surface area contributed by atoms with Crippen LogP contribution in [0.3, 0.4) is 0 Å². The Balaban J connectivity index is 3.14. The van der Waals surface area contributed by atoms with E-state index in [1.807, 2.05) is 32.9 Å². The zero-order valence-electron chi connectivity index (χ0n) is 8.52. The van der Waals surface area contributed by atoms with Crippen molar-refractivity contribution in [1.82, 2.24) is 0 Å². The number of hydrogen-bond donors (Lipinski definition) is 0. The Labute approximate surface area is 92.6 Å². The van der Waals surface area contributed by atoms with Crippen LogP contribution < -0.4 is 4.74 Å². The first kappa shape index (κ1) is 11.1. The van der Waals surface area contributed by atoms with Crippen molar-refractivity contribution in [3.63, 3.8) is 0 Å². The summed E-state index contributed by atoms with van der Waals surface area (Å²) in [7, 11) is 0. The molecule has 0 aromatic heterocycles. The van der Waals surface area contributed by atoms with E-state index in [1.54, 1.807) is 0 Å². The summed E-state index contributed by atoms with van der Waals surface area (Å²) in [5.41, 5.74) is 3.37. The summed E-state index contributed by atoms with van der Waals surface area (Å²) in [6, 6.07) is 3.91. The summed E-state index contributed by atoms with van der Waals surface area (Å²) < 4.78 is 6.43. The molecule has 0 heterocycles. The number of rotatable bonds is 2. The molecule has 74 valence electrons. The normalized spacial score (nSPS) is 9.64. The highest BCUT2D eigenvalue weighted by Gasteiger charge is 2.08. The third kappa shape index (κ3) is 2.08. The van der Waals surface area contributed by atoms with Crippen LogP contribution >= 0.6 is 15.9 Å². The molecule has 1 rings (SSSR count). The van der Waals surface area contributed by atoms with E-state index in [4.69, 9.17) is 10.00 Å². The fourth-order valence-corrected chi connectivity index (χ4v) is 1.69. The minimum Gasteiger partial charge on any atom is -0.478 e. The molecular formula is C11H12BrNO. The molecule has 3 heteroatoms. The van der Waals surface area contributed by atoms with Gasteiger partial charge in [-0.3, -0.25) is 0 Å². The van der Waals surface area contributed by atoms with Crippen molar-refractivity contribution in [3.05, 3.63) is 27.2 Å². The van der Waals surface area contributed by atoms with Gasteiger partial charge in [0.2, 0.25) is 0 Å². The van der Waals surface area contributed by atoms with E-state index in [1.165, 1.54) is 0 Å². The number of aryl methyl sites for hydroxylation is 1. The Morgan fingerprint density at radius 1 is 1.36 bits per heavy atom. The SMILES string of the molecule is Cc1cc(OCC#N)c(C)c(C)c1Br. The monoisotopic (exact) mass is 253 g/mol. The molecule has 0 aliphatic rings. The van der Waals surface area contributed by atoms with Gasteiger partial charge in [0.1, 0.15) is 11.8 Å². The molecule has 1 aromatic rings. The van der Waals surface area contributed by atoms with Gasteiger partial charge in [-0.15, -0.1) is 0 Å². The molecule has 2 nitrogen and oxygen atoms in total. The van der Waals surface area contributed by atoms with Gasteiger partial charge < -0.3 is 4.74 Å². The molecule has 0 amide bonds. The van der Waals surface area contributed by atoms with E-state index < -0.39 is 0 Å². The zero-order valence-corrected chi connectivity index (χ0v) is 10.1. The molecule has 0 fully saturated rings. The predicted molar refractivity (Wildman–Crippen MR) is 59.5 cm³/mol. The standard InChI is InChI=1S/C11H12BrNO/c1-7-6-10(14-5-4-13)8(2)9(3)11(7)12/h6H,5H2,1-3H3. The molecule has 0 unspecified atom stereocenters. The Hall–Kier alpha value is -1.01. The third-order valence-electron chi connectivity index (χ3n) is 2.25. The van der Waals surface area contributed by atoms with E-state index in [-0.39, 0.29) is 6.61 Å². The Morgan fingerprint density at radius 2 is 2.00 bits per heavy atom. The largest absolute Gasteiger partial charge is 0.478 e. The second kappa shape index (κ2) is 4.47. The lowest BCUT2D eigenvalue weighted by Crippen LogP contribution is -1.98. The summed E-state index contributed by atoms with van der Waals surface area (Å²) in [5, 5.41) is 8.43. The molecule has 0 saturated heterocycles.